The number of para-hydroxylation sites is 1. The largest absolute Gasteiger partial charge is 0.449 e. The summed E-state index contributed by atoms with van der Waals surface area (Å²) in [7, 11) is 0. The van der Waals surface area contributed by atoms with E-state index < -0.39 is 5.60 Å². The summed E-state index contributed by atoms with van der Waals surface area (Å²) in [6.07, 6.45) is 1.60. The molecule has 0 radical (unpaired) electrons. The van der Waals surface area contributed by atoms with E-state index in [1.165, 1.54) is 0 Å². The first kappa shape index (κ1) is 22.6. The Morgan fingerprint density at radius 3 is 2.69 bits per heavy atom. The molecule has 168 valence electrons. The number of halogens is 1. The summed E-state index contributed by atoms with van der Waals surface area (Å²) in [5.41, 5.74) is 1.07. The van der Waals surface area contributed by atoms with Crippen LogP contribution >= 0.6 is 15.9 Å². The van der Waals surface area contributed by atoms with Gasteiger partial charge in [-0.15, -0.1) is 0 Å². The van der Waals surface area contributed by atoms with Crippen molar-refractivity contribution in [1.82, 2.24) is 10.2 Å². The highest BCUT2D eigenvalue weighted by atomic mass is 79.9. The highest BCUT2D eigenvalue weighted by Gasteiger charge is 2.38. The van der Waals surface area contributed by atoms with Crippen molar-refractivity contribution in [2.45, 2.75) is 44.8 Å². The van der Waals surface area contributed by atoms with Crippen LogP contribution < -0.4 is 5.32 Å². The second-order valence-corrected chi connectivity index (χ2v) is 9.50. The van der Waals surface area contributed by atoms with Crippen molar-refractivity contribution in [1.29, 1.82) is 0 Å². The van der Waals surface area contributed by atoms with Gasteiger partial charge in [0, 0.05) is 30.1 Å². The number of rotatable bonds is 6. The van der Waals surface area contributed by atoms with E-state index in [0.717, 1.165) is 21.0 Å². The Morgan fingerprint density at radius 1 is 1.22 bits per heavy atom. The number of hydrogen-bond donors (Lipinski definition) is 2. The van der Waals surface area contributed by atoms with Gasteiger partial charge in [-0.2, -0.15) is 0 Å². The van der Waals surface area contributed by atoms with Gasteiger partial charge in [0.2, 0.25) is 0 Å². The first-order chi connectivity index (χ1) is 15.3. The Morgan fingerprint density at radius 2 is 1.97 bits per heavy atom. The summed E-state index contributed by atoms with van der Waals surface area (Å²) in [6.45, 7) is 4.30. The number of hydrogen-bond acceptors (Lipinski definition) is 4. The highest BCUT2D eigenvalue weighted by Crippen LogP contribution is 2.31. The summed E-state index contributed by atoms with van der Waals surface area (Å²) in [5, 5.41) is 14.7. The molecular formula is C25H27BrN2O4. The Hall–Kier alpha value is -2.64. The van der Waals surface area contributed by atoms with Crippen molar-refractivity contribution in [2.24, 2.45) is 0 Å². The van der Waals surface area contributed by atoms with E-state index in [-0.39, 0.29) is 23.6 Å². The molecule has 0 spiro atoms. The minimum atomic E-state index is -1.45. The molecule has 1 saturated heterocycles. The number of carbonyl (C=O) groups is 2. The number of aliphatic hydroxyl groups is 1. The predicted octanol–water partition coefficient (Wildman–Crippen LogP) is 4.22. The number of nitrogens with one attached hydrogen (secondary N) is 1. The Bertz CT molecular complexity index is 1140. The van der Waals surface area contributed by atoms with Crippen LogP contribution in [0.25, 0.3) is 11.0 Å². The van der Waals surface area contributed by atoms with E-state index in [2.05, 4.69) is 21.2 Å². The number of benzene rings is 2. The van der Waals surface area contributed by atoms with E-state index in [9.17, 15) is 14.7 Å². The zero-order chi connectivity index (χ0) is 22.9. The Kier molecular flexibility index (Phi) is 6.40. The van der Waals surface area contributed by atoms with Crippen LogP contribution in [0.3, 0.4) is 0 Å². The summed E-state index contributed by atoms with van der Waals surface area (Å²) in [4.78, 5) is 27.4. The van der Waals surface area contributed by atoms with Crippen LogP contribution in [0.1, 0.15) is 41.4 Å². The lowest BCUT2D eigenvalue weighted by atomic mass is 9.95. The minimum absolute atomic E-state index is 0.188. The molecule has 2 amide bonds. The maximum absolute atomic E-state index is 12.9. The summed E-state index contributed by atoms with van der Waals surface area (Å²) in [5.74, 6) is -0.304. The molecule has 2 N–H and O–H groups in total. The molecule has 0 aliphatic carbocycles. The average Bonchev–Trinajstić information content (AvgIpc) is 3.38. The number of amides is 2. The molecule has 0 saturated carbocycles. The molecule has 1 aromatic heterocycles. The van der Waals surface area contributed by atoms with Gasteiger partial charge < -0.3 is 19.7 Å². The molecule has 6 nitrogen and oxygen atoms in total. The minimum Gasteiger partial charge on any atom is -0.449 e. The first-order valence-corrected chi connectivity index (χ1v) is 11.6. The monoisotopic (exact) mass is 498 g/mol. The van der Waals surface area contributed by atoms with Crippen LogP contribution in [-0.4, -0.2) is 46.6 Å². The zero-order valence-electron chi connectivity index (χ0n) is 18.2. The van der Waals surface area contributed by atoms with Crippen LogP contribution in [0.5, 0.6) is 0 Å². The number of furan rings is 1. The Labute approximate surface area is 195 Å². The third-order valence-electron chi connectivity index (χ3n) is 6.14. The number of carbonyl (C=O) groups excluding carboxylic acids is 2. The van der Waals surface area contributed by atoms with Gasteiger partial charge in [0.1, 0.15) is 11.2 Å². The van der Waals surface area contributed by atoms with Crippen LogP contribution in [0.4, 0.5) is 0 Å². The number of nitrogens with zero attached hydrogens (tertiary/aromatic N) is 1. The van der Waals surface area contributed by atoms with Crippen LogP contribution in [0.15, 0.2) is 57.4 Å². The fourth-order valence-electron chi connectivity index (χ4n) is 4.22. The van der Waals surface area contributed by atoms with Gasteiger partial charge in [-0.1, -0.05) is 42.5 Å². The van der Waals surface area contributed by atoms with Gasteiger partial charge in [-0.25, -0.2) is 0 Å². The van der Waals surface area contributed by atoms with Crippen LogP contribution in [-0.2, 0) is 11.2 Å². The molecule has 3 aromatic rings. The zero-order valence-corrected chi connectivity index (χ0v) is 19.8. The third kappa shape index (κ3) is 4.59. The molecular weight excluding hydrogens is 472 g/mol. The van der Waals surface area contributed by atoms with Crippen molar-refractivity contribution in [3.8, 4) is 0 Å². The fourth-order valence-corrected chi connectivity index (χ4v) is 4.67. The Balaban J connectivity index is 1.37. The molecule has 32 heavy (non-hydrogen) atoms. The van der Waals surface area contributed by atoms with Gasteiger partial charge in [0.25, 0.3) is 11.8 Å². The summed E-state index contributed by atoms with van der Waals surface area (Å²) < 4.78 is 6.62. The van der Waals surface area contributed by atoms with E-state index >= 15 is 0 Å². The van der Waals surface area contributed by atoms with Gasteiger partial charge in [-0.05, 0) is 60.7 Å². The number of likely N-dealkylation sites (tertiary alicyclic amines) is 1. The van der Waals surface area contributed by atoms with E-state index in [0.29, 0.717) is 37.9 Å². The molecule has 2 heterocycles. The fraction of sp³-hybridized carbons (Fsp3) is 0.360. The van der Waals surface area contributed by atoms with Crippen LogP contribution in [0.2, 0.25) is 0 Å². The molecule has 1 aliphatic heterocycles. The van der Waals surface area contributed by atoms with Crippen molar-refractivity contribution in [3.05, 3.63) is 69.9 Å². The molecule has 0 bridgehead atoms. The summed E-state index contributed by atoms with van der Waals surface area (Å²) in [6, 6.07) is 15.3. The normalized spacial score (nSPS) is 18.0. The van der Waals surface area contributed by atoms with Gasteiger partial charge in [-0.3, -0.25) is 9.59 Å². The van der Waals surface area contributed by atoms with Gasteiger partial charge in [0.05, 0.1) is 4.47 Å². The van der Waals surface area contributed by atoms with E-state index in [1.54, 1.807) is 11.8 Å². The lowest BCUT2D eigenvalue weighted by molar-refractivity contribution is -0.149. The molecule has 1 unspecified atom stereocenters. The first-order valence-electron chi connectivity index (χ1n) is 10.8. The predicted molar refractivity (Wildman–Crippen MR) is 126 cm³/mol. The lowest BCUT2D eigenvalue weighted by Crippen LogP contribution is -2.47. The number of fused-ring (bicyclic) bond motifs is 1. The maximum Gasteiger partial charge on any atom is 0.287 e. The van der Waals surface area contributed by atoms with Crippen molar-refractivity contribution < 1.29 is 19.1 Å². The molecule has 2 aromatic carbocycles. The number of aryl methyl sites for hydroxylation is 2. The van der Waals surface area contributed by atoms with Crippen molar-refractivity contribution in [3.63, 3.8) is 0 Å². The van der Waals surface area contributed by atoms with Gasteiger partial charge in [0.15, 0.2) is 5.76 Å². The highest BCUT2D eigenvalue weighted by molar-refractivity contribution is 9.10. The van der Waals surface area contributed by atoms with Crippen LogP contribution in [0, 0.1) is 6.92 Å². The smallest absolute Gasteiger partial charge is 0.287 e. The molecule has 4 rings (SSSR count). The lowest BCUT2D eigenvalue weighted by Gasteiger charge is -2.28. The molecule has 7 heteroatoms. The third-order valence-corrected chi connectivity index (χ3v) is 6.76. The second kappa shape index (κ2) is 9.08. The molecule has 2 atom stereocenters. The van der Waals surface area contributed by atoms with Gasteiger partial charge >= 0.3 is 0 Å². The SMILES string of the molecule is Cc1c(C(=O)N[C@@H]2CCN(C(=O)C(C)(O)CCc3ccccc3)C2)oc2c(Br)cccc12. The van der Waals surface area contributed by atoms with Crippen molar-refractivity contribution >= 4 is 38.7 Å². The van der Waals surface area contributed by atoms with E-state index in [4.69, 9.17) is 4.42 Å². The average molecular weight is 499 g/mol. The molecule has 1 fully saturated rings. The topological polar surface area (TPSA) is 82.8 Å². The quantitative estimate of drug-likeness (QED) is 0.532. The standard InChI is InChI=1S/C25H27BrN2O4/c1-16-19-9-6-10-20(26)22(19)32-21(16)23(29)27-18-12-14-28(15-18)24(30)25(2,31)13-11-17-7-4-3-5-8-17/h3-10,18,31H,11-15H2,1-2H3,(H,27,29)/t18-,25?/m1/s1. The van der Waals surface area contributed by atoms with Crippen molar-refractivity contribution in [2.75, 3.05) is 13.1 Å². The molecule has 1 aliphatic rings. The summed E-state index contributed by atoms with van der Waals surface area (Å²) >= 11 is 3.46. The van der Waals surface area contributed by atoms with E-state index in [1.807, 2.05) is 55.5 Å². The second-order valence-electron chi connectivity index (χ2n) is 8.64. The maximum atomic E-state index is 12.9.